The lowest BCUT2D eigenvalue weighted by Crippen LogP contribution is -2.41. The van der Waals surface area contributed by atoms with Crippen molar-refractivity contribution >= 4 is 46.7 Å². The topological polar surface area (TPSA) is 236 Å². The molecule has 4 rings (SSSR count). The number of carboxylic acid groups (broad SMARTS) is 2. The van der Waals surface area contributed by atoms with E-state index < -0.39 is 29.8 Å². The number of hydrogen-bond acceptors (Lipinski definition) is 10. The van der Waals surface area contributed by atoms with Crippen LogP contribution < -0.4 is 22.1 Å². The quantitative estimate of drug-likeness (QED) is 0.124. The van der Waals surface area contributed by atoms with Gasteiger partial charge in [0.15, 0.2) is 17.0 Å². The molecule has 0 aliphatic carbocycles. The third-order valence-electron chi connectivity index (χ3n) is 7.31. The van der Waals surface area contributed by atoms with Gasteiger partial charge >= 0.3 is 11.9 Å². The van der Waals surface area contributed by atoms with Crippen LogP contribution in [0.5, 0.6) is 0 Å². The number of benzene rings is 2. The first-order valence-electron chi connectivity index (χ1n) is 14.6. The van der Waals surface area contributed by atoms with Gasteiger partial charge in [0.1, 0.15) is 6.04 Å². The van der Waals surface area contributed by atoms with Gasteiger partial charge in [0.25, 0.3) is 11.8 Å². The first-order chi connectivity index (χ1) is 21.7. The molecule has 240 valence electrons. The first kappa shape index (κ1) is 33.2. The second-order valence-corrected chi connectivity index (χ2v) is 11.8. The highest BCUT2D eigenvalue weighted by atomic mass is 16.4. The SMILES string of the molecule is CC(C)(C)c1ccc(C(=O)O)c(C(=O)NCCC[C@H](NC(=O)c2ccc(CCc3cnc4nc(N)nc(N)c4n3)cc2)C(=O)O)c1. The van der Waals surface area contributed by atoms with Gasteiger partial charge in [-0.15, -0.1) is 0 Å². The van der Waals surface area contributed by atoms with E-state index in [-0.39, 0.29) is 53.3 Å². The maximum Gasteiger partial charge on any atom is 0.336 e. The van der Waals surface area contributed by atoms with E-state index in [9.17, 15) is 29.4 Å². The Morgan fingerprint density at radius 1 is 0.891 bits per heavy atom. The number of rotatable bonds is 12. The number of nitrogen functional groups attached to an aromatic ring is 2. The molecule has 2 aromatic carbocycles. The summed E-state index contributed by atoms with van der Waals surface area (Å²) in [4.78, 5) is 65.8. The van der Waals surface area contributed by atoms with Gasteiger partial charge in [-0.2, -0.15) is 9.97 Å². The van der Waals surface area contributed by atoms with Crippen LogP contribution in [0.25, 0.3) is 11.2 Å². The summed E-state index contributed by atoms with van der Waals surface area (Å²) in [7, 11) is 0. The van der Waals surface area contributed by atoms with Crippen molar-refractivity contribution in [2.45, 2.75) is 57.9 Å². The number of nitrogens with two attached hydrogens (primary N) is 2. The van der Waals surface area contributed by atoms with E-state index >= 15 is 0 Å². The van der Waals surface area contributed by atoms with Crippen LogP contribution in [-0.4, -0.2) is 66.5 Å². The lowest BCUT2D eigenvalue weighted by molar-refractivity contribution is -0.139. The Hall–Kier alpha value is -5.66. The standard InChI is InChI=1S/C32H36N8O6/c1-32(2,3)19-11-13-21(29(43)44)22(15-19)28(42)35-14-4-5-23(30(45)46)38-27(41)18-9-6-17(7-10-18)8-12-20-16-36-26-24(37-20)25(33)39-31(34)40-26/h6-7,9-11,13,15-16,23H,4-5,8,12,14H2,1-3H3,(H,35,42)(H,38,41)(H,43,44)(H,45,46)(H4,33,34,36,39,40)/t23-/m0/s1. The minimum Gasteiger partial charge on any atom is -0.480 e. The van der Waals surface area contributed by atoms with Crippen LogP contribution >= 0.6 is 0 Å². The highest BCUT2D eigenvalue weighted by Crippen LogP contribution is 2.25. The van der Waals surface area contributed by atoms with Crippen LogP contribution in [-0.2, 0) is 23.1 Å². The van der Waals surface area contributed by atoms with E-state index in [2.05, 4.69) is 30.6 Å². The zero-order valence-corrected chi connectivity index (χ0v) is 25.7. The number of carbonyl (C=O) groups is 4. The van der Waals surface area contributed by atoms with Crippen LogP contribution in [0.4, 0.5) is 11.8 Å². The molecule has 0 saturated heterocycles. The smallest absolute Gasteiger partial charge is 0.336 e. The Labute approximate surface area is 264 Å². The summed E-state index contributed by atoms with van der Waals surface area (Å²) in [5, 5.41) is 24.4. The maximum atomic E-state index is 12.8. The van der Waals surface area contributed by atoms with E-state index in [0.717, 1.165) is 11.1 Å². The third-order valence-corrected chi connectivity index (χ3v) is 7.31. The fraction of sp³-hybridized carbons (Fsp3) is 0.312. The van der Waals surface area contributed by atoms with E-state index in [1.807, 2.05) is 20.8 Å². The number of nitrogens with one attached hydrogen (secondary N) is 2. The zero-order chi connectivity index (χ0) is 33.6. The zero-order valence-electron chi connectivity index (χ0n) is 25.7. The number of aromatic nitrogens is 4. The predicted molar refractivity (Wildman–Crippen MR) is 170 cm³/mol. The first-order valence-corrected chi connectivity index (χ1v) is 14.6. The number of amides is 2. The maximum absolute atomic E-state index is 12.8. The second kappa shape index (κ2) is 14.0. The van der Waals surface area contributed by atoms with Crippen LogP contribution in [0.2, 0.25) is 0 Å². The second-order valence-electron chi connectivity index (χ2n) is 11.8. The fourth-order valence-corrected chi connectivity index (χ4v) is 4.69. The number of nitrogens with zero attached hydrogens (tertiary/aromatic N) is 4. The summed E-state index contributed by atoms with van der Waals surface area (Å²) in [6, 6.07) is 10.2. The Balaban J connectivity index is 1.29. The number of anilines is 2. The molecule has 0 fully saturated rings. The van der Waals surface area contributed by atoms with Crippen molar-refractivity contribution in [3.63, 3.8) is 0 Å². The molecule has 14 heteroatoms. The van der Waals surface area contributed by atoms with E-state index in [1.165, 1.54) is 6.07 Å². The van der Waals surface area contributed by atoms with Gasteiger partial charge in [-0.3, -0.25) is 9.59 Å². The van der Waals surface area contributed by atoms with Crippen molar-refractivity contribution in [1.82, 2.24) is 30.6 Å². The lowest BCUT2D eigenvalue weighted by atomic mass is 9.85. The molecular weight excluding hydrogens is 592 g/mol. The number of aliphatic carboxylic acids is 1. The van der Waals surface area contributed by atoms with Crippen LogP contribution in [0.1, 0.15) is 81.5 Å². The molecule has 0 spiro atoms. The summed E-state index contributed by atoms with van der Waals surface area (Å²) in [6.45, 7) is 5.94. The molecule has 14 nitrogen and oxygen atoms in total. The monoisotopic (exact) mass is 628 g/mol. The fourth-order valence-electron chi connectivity index (χ4n) is 4.69. The van der Waals surface area contributed by atoms with E-state index in [0.29, 0.717) is 29.7 Å². The molecule has 2 aromatic heterocycles. The van der Waals surface area contributed by atoms with Crippen molar-refractivity contribution in [3.05, 3.63) is 82.2 Å². The molecule has 4 aromatic rings. The average molecular weight is 629 g/mol. The number of carbonyl (C=O) groups excluding carboxylic acids is 2. The number of fused-ring (bicyclic) bond motifs is 1. The lowest BCUT2D eigenvalue weighted by Gasteiger charge is -2.20. The molecule has 0 saturated carbocycles. The molecule has 0 unspecified atom stereocenters. The van der Waals surface area contributed by atoms with Crippen LogP contribution in [0.15, 0.2) is 48.7 Å². The Bertz CT molecular complexity index is 1790. The average Bonchev–Trinajstić information content (AvgIpc) is 3.00. The summed E-state index contributed by atoms with van der Waals surface area (Å²) in [5.41, 5.74) is 14.5. The molecule has 0 aliphatic heterocycles. The molecule has 2 amide bonds. The van der Waals surface area contributed by atoms with Crippen molar-refractivity contribution in [3.8, 4) is 0 Å². The summed E-state index contributed by atoms with van der Waals surface area (Å²) < 4.78 is 0. The number of aryl methyl sites for hydroxylation is 2. The number of carboxylic acids is 2. The third kappa shape index (κ3) is 8.28. The van der Waals surface area contributed by atoms with Gasteiger partial charge < -0.3 is 32.3 Å². The molecule has 46 heavy (non-hydrogen) atoms. The minimum absolute atomic E-state index is 0.0190. The largest absolute Gasteiger partial charge is 0.480 e. The summed E-state index contributed by atoms with van der Waals surface area (Å²) in [6.07, 6.45) is 2.99. The minimum atomic E-state index is -1.22. The van der Waals surface area contributed by atoms with Crippen molar-refractivity contribution < 1.29 is 29.4 Å². The Kier molecular flexibility index (Phi) is 10.1. The molecular formula is C32H36N8O6. The Morgan fingerprint density at radius 2 is 1.61 bits per heavy atom. The Morgan fingerprint density at radius 3 is 2.26 bits per heavy atom. The summed E-state index contributed by atoms with van der Waals surface area (Å²) >= 11 is 0. The predicted octanol–water partition coefficient (Wildman–Crippen LogP) is 2.76. The van der Waals surface area contributed by atoms with Crippen molar-refractivity contribution in [2.75, 3.05) is 18.0 Å². The van der Waals surface area contributed by atoms with Crippen LogP contribution in [0.3, 0.4) is 0 Å². The van der Waals surface area contributed by atoms with Crippen LogP contribution in [0, 0.1) is 0 Å². The number of hydrogen-bond donors (Lipinski definition) is 6. The van der Waals surface area contributed by atoms with Gasteiger partial charge in [-0.1, -0.05) is 39.0 Å². The van der Waals surface area contributed by atoms with Gasteiger partial charge in [0.2, 0.25) is 5.95 Å². The molecule has 8 N–H and O–H groups in total. The molecule has 2 heterocycles. The van der Waals surface area contributed by atoms with Crippen molar-refractivity contribution in [1.29, 1.82) is 0 Å². The molecule has 0 aliphatic rings. The molecule has 0 bridgehead atoms. The van der Waals surface area contributed by atoms with E-state index in [1.54, 1.807) is 42.6 Å². The summed E-state index contributed by atoms with van der Waals surface area (Å²) in [5.74, 6) is -3.40. The highest BCUT2D eigenvalue weighted by molar-refractivity contribution is 6.05. The van der Waals surface area contributed by atoms with Gasteiger partial charge in [-0.25, -0.2) is 19.6 Å². The normalized spacial score (nSPS) is 12.0. The van der Waals surface area contributed by atoms with Gasteiger partial charge in [0, 0.05) is 12.1 Å². The van der Waals surface area contributed by atoms with Gasteiger partial charge in [-0.05, 0) is 66.5 Å². The van der Waals surface area contributed by atoms with E-state index in [4.69, 9.17) is 11.5 Å². The number of aromatic carboxylic acids is 1. The highest BCUT2D eigenvalue weighted by Gasteiger charge is 2.23. The molecule has 0 radical (unpaired) electrons. The molecule has 1 atom stereocenters. The van der Waals surface area contributed by atoms with Gasteiger partial charge in [0.05, 0.1) is 23.0 Å². The van der Waals surface area contributed by atoms with Crippen molar-refractivity contribution in [2.24, 2.45) is 0 Å².